The highest BCUT2D eigenvalue weighted by atomic mass is 19.3. The fourth-order valence-corrected chi connectivity index (χ4v) is 3.84. The first kappa shape index (κ1) is 27.8. The standard InChI is InChI=1S/C24H33F2NO3.CH4O/c25-24(26)19-21(27(23(24)30)18-12-5-4-11-17-22(28)29)16-10-3-1-2-7-13-20-14-8-6-9-15-20;1-2/h6,8-10,14-16,21H,1-5,7,11-13,17-19H2,(H,28,29);2H,1H3/b16-10+;. The van der Waals surface area contributed by atoms with Gasteiger partial charge in [-0.15, -0.1) is 0 Å². The molecule has 1 atom stereocenters. The van der Waals surface area contributed by atoms with Crippen molar-refractivity contribution in [2.24, 2.45) is 0 Å². The van der Waals surface area contributed by atoms with Gasteiger partial charge >= 0.3 is 11.9 Å². The van der Waals surface area contributed by atoms with Crippen molar-refractivity contribution in [1.29, 1.82) is 0 Å². The van der Waals surface area contributed by atoms with Crippen LogP contribution < -0.4 is 0 Å². The van der Waals surface area contributed by atoms with E-state index in [2.05, 4.69) is 12.1 Å². The number of benzene rings is 1. The summed E-state index contributed by atoms with van der Waals surface area (Å²) < 4.78 is 27.8. The molecule has 0 radical (unpaired) electrons. The second-order valence-electron chi connectivity index (χ2n) is 8.05. The highest BCUT2D eigenvalue weighted by Crippen LogP contribution is 2.34. The van der Waals surface area contributed by atoms with Gasteiger partial charge < -0.3 is 15.1 Å². The molecule has 2 rings (SSSR count). The van der Waals surface area contributed by atoms with Crippen molar-refractivity contribution >= 4 is 11.9 Å². The van der Waals surface area contributed by atoms with Gasteiger partial charge in [-0.2, -0.15) is 8.78 Å². The lowest BCUT2D eigenvalue weighted by Crippen LogP contribution is -2.36. The molecule has 0 aliphatic carbocycles. The molecule has 7 heteroatoms. The number of alkyl halides is 2. The number of halogens is 2. The summed E-state index contributed by atoms with van der Waals surface area (Å²) in [7, 11) is 1.00. The van der Waals surface area contributed by atoms with Crippen LogP contribution in [0.2, 0.25) is 0 Å². The van der Waals surface area contributed by atoms with E-state index in [1.807, 2.05) is 24.3 Å². The monoisotopic (exact) mass is 453 g/mol. The first-order chi connectivity index (χ1) is 15.4. The zero-order valence-electron chi connectivity index (χ0n) is 19.0. The Hall–Kier alpha value is -2.28. The van der Waals surface area contributed by atoms with E-state index in [-0.39, 0.29) is 6.42 Å². The molecule has 1 aromatic rings. The summed E-state index contributed by atoms with van der Waals surface area (Å²) >= 11 is 0. The third kappa shape index (κ3) is 10.4. The Morgan fingerprint density at radius 2 is 1.72 bits per heavy atom. The Morgan fingerprint density at radius 1 is 1.06 bits per heavy atom. The predicted molar refractivity (Wildman–Crippen MR) is 122 cm³/mol. The topological polar surface area (TPSA) is 77.8 Å². The molecular formula is C25H37F2NO4. The Morgan fingerprint density at radius 3 is 2.41 bits per heavy atom. The van der Waals surface area contributed by atoms with Crippen LogP contribution in [0.1, 0.15) is 69.8 Å². The predicted octanol–water partition coefficient (Wildman–Crippen LogP) is 5.23. The van der Waals surface area contributed by atoms with E-state index in [1.165, 1.54) is 10.5 Å². The molecule has 1 saturated heterocycles. The number of aliphatic carboxylic acids is 1. The third-order valence-electron chi connectivity index (χ3n) is 5.52. The number of carbonyl (C=O) groups excluding carboxylic acids is 1. The van der Waals surface area contributed by atoms with Crippen LogP contribution in [-0.4, -0.2) is 52.6 Å². The molecule has 5 nitrogen and oxygen atoms in total. The van der Waals surface area contributed by atoms with Gasteiger partial charge in [-0.05, 0) is 44.1 Å². The average molecular weight is 454 g/mol. The molecule has 0 bridgehead atoms. The minimum absolute atomic E-state index is 0.122. The fraction of sp³-hybridized carbons (Fsp3) is 0.600. The average Bonchev–Trinajstić information content (AvgIpc) is 3.00. The minimum Gasteiger partial charge on any atom is -0.481 e. The van der Waals surface area contributed by atoms with Crippen molar-refractivity contribution in [1.82, 2.24) is 4.90 Å². The Bertz CT molecular complexity index is 694. The van der Waals surface area contributed by atoms with Crippen LogP contribution in [0, 0.1) is 0 Å². The zero-order valence-corrected chi connectivity index (χ0v) is 19.0. The second kappa shape index (κ2) is 15.5. The van der Waals surface area contributed by atoms with Crippen LogP contribution in [0.4, 0.5) is 8.78 Å². The zero-order chi connectivity index (χ0) is 23.8. The number of hydrogen-bond acceptors (Lipinski definition) is 3. The SMILES string of the molecule is CO.O=C(O)CCCCCCN1C(=O)C(F)(F)CC1/C=C/CCCCCc1ccccc1. The molecular weight excluding hydrogens is 416 g/mol. The van der Waals surface area contributed by atoms with Gasteiger partial charge in [0.2, 0.25) is 0 Å². The summed E-state index contributed by atoms with van der Waals surface area (Å²) in [5.41, 5.74) is 1.33. The van der Waals surface area contributed by atoms with Crippen LogP contribution in [0.3, 0.4) is 0 Å². The van der Waals surface area contributed by atoms with E-state index in [1.54, 1.807) is 6.08 Å². The largest absolute Gasteiger partial charge is 0.481 e. The number of allylic oxidation sites excluding steroid dienone is 1. The quantitative estimate of drug-likeness (QED) is 0.299. The molecule has 180 valence electrons. The molecule has 1 aromatic carbocycles. The van der Waals surface area contributed by atoms with Gasteiger partial charge in [-0.1, -0.05) is 61.7 Å². The first-order valence-corrected chi connectivity index (χ1v) is 11.5. The minimum atomic E-state index is -3.28. The molecule has 1 aliphatic rings. The molecule has 1 fully saturated rings. The molecule has 1 aliphatic heterocycles. The number of unbranched alkanes of at least 4 members (excludes halogenated alkanes) is 6. The van der Waals surface area contributed by atoms with Crippen molar-refractivity contribution in [3.63, 3.8) is 0 Å². The summed E-state index contributed by atoms with van der Waals surface area (Å²) in [5.74, 6) is -5.19. The molecule has 0 saturated carbocycles. The van der Waals surface area contributed by atoms with E-state index in [0.29, 0.717) is 19.4 Å². The Kier molecular flexibility index (Phi) is 13.5. The number of hydrogen-bond donors (Lipinski definition) is 2. The van der Waals surface area contributed by atoms with E-state index < -0.39 is 30.3 Å². The van der Waals surface area contributed by atoms with Gasteiger partial charge in [-0.25, -0.2) is 0 Å². The lowest BCUT2D eigenvalue weighted by atomic mass is 10.1. The lowest BCUT2D eigenvalue weighted by Gasteiger charge is -2.21. The van der Waals surface area contributed by atoms with Gasteiger partial charge in [0.1, 0.15) is 0 Å². The molecule has 1 amide bonds. The number of carbonyl (C=O) groups is 2. The van der Waals surface area contributed by atoms with Crippen molar-refractivity contribution in [3.05, 3.63) is 48.0 Å². The van der Waals surface area contributed by atoms with E-state index in [4.69, 9.17) is 10.2 Å². The van der Waals surface area contributed by atoms with Crippen molar-refractivity contribution in [3.8, 4) is 0 Å². The van der Waals surface area contributed by atoms with Gasteiger partial charge in [-0.3, -0.25) is 9.59 Å². The molecule has 0 aromatic heterocycles. The summed E-state index contributed by atoms with van der Waals surface area (Å²) in [5, 5.41) is 15.6. The number of amides is 1. The summed E-state index contributed by atoms with van der Waals surface area (Å²) in [6.07, 6.45) is 11.1. The number of aryl methyl sites for hydroxylation is 1. The second-order valence-corrected chi connectivity index (χ2v) is 8.05. The van der Waals surface area contributed by atoms with Crippen molar-refractivity contribution in [2.45, 2.75) is 82.6 Å². The maximum absolute atomic E-state index is 13.9. The number of nitrogens with zero attached hydrogens (tertiary/aromatic N) is 1. The molecule has 2 N–H and O–H groups in total. The summed E-state index contributed by atoms with van der Waals surface area (Å²) in [6, 6.07) is 9.79. The van der Waals surface area contributed by atoms with E-state index in [9.17, 15) is 18.4 Å². The molecule has 32 heavy (non-hydrogen) atoms. The van der Waals surface area contributed by atoms with Crippen LogP contribution >= 0.6 is 0 Å². The number of aliphatic hydroxyl groups excluding tert-OH is 1. The fourth-order valence-electron chi connectivity index (χ4n) is 3.84. The summed E-state index contributed by atoms with van der Waals surface area (Å²) in [4.78, 5) is 23.8. The third-order valence-corrected chi connectivity index (χ3v) is 5.52. The maximum atomic E-state index is 13.9. The van der Waals surface area contributed by atoms with Crippen molar-refractivity contribution in [2.75, 3.05) is 13.7 Å². The van der Waals surface area contributed by atoms with Crippen LogP contribution in [0.5, 0.6) is 0 Å². The van der Waals surface area contributed by atoms with Crippen LogP contribution in [0.15, 0.2) is 42.5 Å². The van der Waals surface area contributed by atoms with Crippen molar-refractivity contribution < 1.29 is 28.6 Å². The van der Waals surface area contributed by atoms with Gasteiger partial charge in [0.15, 0.2) is 0 Å². The lowest BCUT2D eigenvalue weighted by molar-refractivity contribution is -0.148. The highest BCUT2D eigenvalue weighted by Gasteiger charge is 2.52. The van der Waals surface area contributed by atoms with Crippen LogP contribution in [-0.2, 0) is 16.0 Å². The molecule has 0 spiro atoms. The molecule has 1 unspecified atom stereocenters. The molecule has 1 heterocycles. The van der Waals surface area contributed by atoms with Gasteiger partial charge in [0, 0.05) is 26.5 Å². The van der Waals surface area contributed by atoms with Gasteiger partial charge in [0.25, 0.3) is 5.91 Å². The highest BCUT2D eigenvalue weighted by molar-refractivity contribution is 5.86. The van der Waals surface area contributed by atoms with Crippen LogP contribution in [0.25, 0.3) is 0 Å². The number of rotatable bonds is 14. The van der Waals surface area contributed by atoms with E-state index in [0.717, 1.165) is 52.1 Å². The van der Waals surface area contributed by atoms with E-state index >= 15 is 0 Å². The summed E-state index contributed by atoms with van der Waals surface area (Å²) in [6.45, 7) is 0.299. The number of likely N-dealkylation sites (tertiary alicyclic amines) is 1. The normalized spacial score (nSPS) is 17.4. The Labute approximate surface area is 190 Å². The number of aliphatic hydroxyl groups is 1. The Balaban J connectivity index is 0.00000249. The smallest absolute Gasteiger partial charge is 0.327 e. The number of carboxylic acid groups (broad SMARTS) is 1. The van der Waals surface area contributed by atoms with Gasteiger partial charge in [0.05, 0.1) is 6.04 Å². The maximum Gasteiger partial charge on any atom is 0.327 e. The first-order valence-electron chi connectivity index (χ1n) is 11.5. The number of carboxylic acids is 1.